The second-order valence-corrected chi connectivity index (χ2v) is 4.65. The van der Waals surface area contributed by atoms with Crippen LogP contribution in [-0.2, 0) is 0 Å². The van der Waals surface area contributed by atoms with Crippen molar-refractivity contribution in [1.29, 1.82) is 0 Å². The number of halogens is 1. The van der Waals surface area contributed by atoms with Crippen molar-refractivity contribution in [3.8, 4) is 0 Å². The van der Waals surface area contributed by atoms with E-state index < -0.39 is 0 Å². The lowest BCUT2D eigenvalue weighted by atomic mass is 10.1. The van der Waals surface area contributed by atoms with Gasteiger partial charge in [-0.2, -0.15) is 0 Å². The normalized spacial score (nSPS) is 10.2. The number of hydrogen-bond donors (Lipinski definition) is 0. The molecule has 2 rings (SSSR count). The van der Waals surface area contributed by atoms with E-state index in [0.717, 1.165) is 17.7 Å². The Labute approximate surface area is 112 Å². The first-order valence-corrected chi connectivity index (χ1v) is 6.05. The third kappa shape index (κ3) is 2.54. The molecule has 0 aromatic heterocycles. The summed E-state index contributed by atoms with van der Waals surface area (Å²) >= 11 is 5.89. The van der Waals surface area contributed by atoms with Gasteiger partial charge in [-0.15, -0.1) is 0 Å². The van der Waals surface area contributed by atoms with E-state index in [1.807, 2.05) is 49.2 Å². The van der Waals surface area contributed by atoms with Gasteiger partial charge < -0.3 is 4.90 Å². The number of nitrogens with zero attached hydrogens (tertiary/aromatic N) is 1. The van der Waals surface area contributed by atoms with Gasteiger partial charge in [0.05, 0.1) is 5.69 Å². The predicted molar refractivity (Wildman–Crippen MR) is 76.1 cm³/mol. The van der Waals surface area contributed by atoms with E-state index in [-0.39, 0.29) is 0 Å². The number of rotatable bonds is 3. The SMILES string of the molecule is Cc1ccc(N(C)c2ccc(Cl)cc2C=O)cc1. The van der Waals surface area contributed by atoms with Crippen molar-refractivity contribution in [3.05, 3.63) is 58.6 Å². The van der Waals surface area contributed by atoms with Crippen molar-refractivity contribution in [2.45, 2.75) is 6.92 Å². The molecule has 0 saturated heterocycles. The molecule has 0 atom stereocenters. The summed E-state index contributed by atoms with van der Waals surface area (Å²) in [6.45, 7) is 2.04. The molecule has 18 heavy (non-hydrogen) atoms. The Kier molecular flexibility index (Phi) is 3.68. The van der Waals surface area contributed by atoms with Crippen LogP contribution in [0.1, 0.15) is 15.9 Å². The summed E-state index contributed by atoms with van der Waals surface area (Å²) < 4.78 is 0. The summed E-state index contributed by atoms with van der Waals surface area (Å²) in [5.41, 5.74) is 3.67. The zero-order valence-corrected chi connectivity index (χ0v) is 11.1. The summed E-state index contributed by atoms with van der Waals surface area (Å²) in [6, 6.07) is 13.5. The van der Waals surface area contributed by atoms with E-state index in [1.54, 1.807) is 12.1 Å². The molecular formula is C15H14ClNO. The Morgan fingerprint density at radius 3 is 2.39 bits per heavy atom. The van der Waals surface area contributed by atoms with Gasteiger partial charge >= 0.3 is 0 Å². The quantitative estimate of drug-likeness (QED) is 0.769. The van der Waals surface area contributed by atoms with E-state index in [2.05, 4.69) is 0 Å². The van der Waals surface area contributed by atoms with Crippen LogP contribution >= 0.6 is 11.6 Å². The smallest absolute Gasteiger partial charge is 0.152 e. The molecule has 0 aliphatic heterocycles. The molecule has 0 fully saturated rings. The number of carbonyl (C=O) groups is 1. The highest BCUT2D eigenvalue weighted by molar-refractivity contribution is 6.31. The molecule has 0 amide bonds. The first kappa shape index (κ1) is 12.7. The number of anilines is 2. The second kappa shape index (κ2) is 5.23. The Morgan fingerprint density at radius 1 is 1.11 bits per heavy atom. The van der Waals surface area contributed by atoms with Crippen LogP contribution in [-0.4, -0.2) is 13.3 Å². The summed E-state index contributed by atoms with van der Waals surface area (Å²) in [5, 5.41) is 0.568. The lowest BCUT2D eigenvalue weighted by Crippen LogP contribution is -2.11. The maximum atomic E-state index is 11.1. The molecule has 0 bridgehead atoms. The van der Waals surface area contributed by atoms with E-state index in [9.17, 15) is 4.79 Å². The third-order valence-electron chi connectivity index (χ3n) is 2.90. The van der Waals surface area contributed by atoms with Gasteiger partial charge in [0.25, 0.3) is 0 Å². The van der Waals surface area contributed by atoms with E-state index in [4.69, 9.17) is 11.6 Å². The summed E-state index contributed by atoms with van der Waals surface area (Å²) in [4.78, 5) is 13.1. The summed E-state index contributed by atoms with van der Waals surface area (Å²) in [6.07, 6.45) is 0.825. The minimum Gasteiger partial charge on any atom is -0.344 e. The van der Waals surface area contributed by atoms with E-state index in [0.29, 0.717) is 10.6 Å². The van der Waals surface area contributed by atoms with Crippen molar-refractivity contribution >= 4 is 29.3 Å². The van der Waals surface area contributed by atoms with Gasteiger partial charge in [-0.25, -0.2) is 0 Å². The van der Waals surface area contributed by atoms with Crippen LogP contribution in [0.25, 0.3) is 0 Å². The van der Waals surface area contributed by atoms with Crippen LogP contribution < -0.4 is 4.90 Å². The first-order valence-electron chi connectivity index (χ1n) is 5.67. The van der Waals surface area contributed by atoms with Crippen molar-refractivity contribution in [3.63, 3.8) is 0 Å². The fourth-order valence-corrected chi connectivity index (χ4v) is 2.01. The van der Waals surface area contributed by atoms with Gasteiger partial charge in [-0.05, 0) is 37.3 Å². The van der Waals surface area contributed by atoms with Crippen LogP contribution in [0, 0.1) is 6.92 Å². The number of aryl methyl sites for hydroxylation is 1. The maximum absolute atomic E-state index is 11.1. The molecule has 0 spiro atoms. The predicted octanol–water partition coefficient (Wildman–Crippen LogP) is 4.23. The lowest BCUT2D eigenvalue weighted by molar-refractivity contribution is 0.112. The van der Waals surface area contributed by atoms with Crippen LogP contribution in [0.15, 0.2) is 42.5 Å². The fourth-order valence-electron chi connectivity index (χ4n) is 1.83. The third-order valence-corrected chi connectivity index (χ3v) is 3.13. The molecule has 2 aromatic carbocycles. The van der Waals surface area contributed by atoms with Crippen LogP contribution in [0.4, 0.5) is 11.4 Å². The highest BCUT2D eigenvalue weighted by Crippen LogP contribution is 2.28. The lowest BCUT2D eigenvalue weighted by Gasteiger charge is -2.21. The first-order chi connectivity index (χ1) is 8.61. The monoisotopic (exact) mass is 259 g/mol. The van der Waals surface area contributed by atoms with Crippen LogP contribution in [0.3, 0.4) is 0 Å². The molecule has 0 N–H and O–H groups in total. The molecule has 2 aromatic rings. The standard InChI is InChI=1S/C15H14ClNO/c1-11-3-6-14(7-4-11)17(2)15-8-5-13(16)9-12(15)10-18/h3-10H,1-2H3. The van der Waals surface area contributed by atoms with Crippen molar-refractivity contribution < 1.29 is 4.79 Å². The number of hydrogen-bond acceptors (Lipinski definition) is 2. The largest absolute Gasteiger partial charge is 0.344 e. The molecular weight excluding hydrogens is 246 g/mol. The van der Waals surface area contributed by atoms with Gasteiger partial charge in [-0.3, -0.25) is 4.79 Å². The van der Waals surface area contributed by atoms with Gasteiger partial charge in [0.15, 0.2) is 6.29 Å². The molecule has 0 saturated carbocycles. The zero-order chi connectivity index (χ0) is 13.1. The molecule has 0 unspecified atom stereocenters. The average Bonchev–Trinajstić information content (AvgIpc) is 2.38. The molecule has 0 aliphatic carbocycles. The van der Waals surface area contributed by atoms with Crippen LogP contribution in [0.2, 0.25) is 5.02 Å². The molecule has 3 heteroatoms. The average molecular weight is 260 g/mol. The fraction of sp³-hybridized carbons (Fsp3) is 0.133. The molecule has 2 nitrogen and oxygen atoms in total. The van der Waals surface area contributed by atoms with Gasteiger partial charge in [0, 0.05) is 23.3 Å². The summed E-state index contributed by atoms with van der Waals surface area (Å²) in [5.74, 6) is 0. The zero-order valence-electron chi connectivity index (χ0n) is 10.4. The molecule has 0 radical (unpaired) electrons. The van der Waals surface area contributed by atoms with Crippen molar-refractivity contribution in [2.75, 3.05) is 11.9 Å². The van der Waals surface area contributed by atoms with Gasteiger partial charge in [0.2, 0.25) is 0 Å². The Morgan fingerprint density at radius 2 is 1.78 bits per heavy atom. The van der Waals surface area contributed by atoms with E-state index >= 15 is 0 Å². The van der Waals surface area contributed by atoms with Crippen molar-refractivity contribution in [1.82, 2.24) is 0 Å². The highest BCUT2D eigenvalue weighted by atomic mass is 35.5. The van der Waals surface area contributed by atoms with Gasteiger partial charge in [0.1, 0.15) is 0 Å². The van der Waals surface area contributed by atoms with Gasteiger partial charge in [-0.1, -0.05) is 29.3 Å². The molecule has 92 valence electrons. The Hall–Kier alpha value is -1.80. The Balaban J connectivity index is 2.42. The minimum atomic E-state index is 0.568. The number of benzene rings is 2. The van der Waals surface area contributed by atoms with E-state index in [1.165, 1.54) is 5.56 Å². The number of carbonyl (C=O) groups excluding carboxylic acids is 1. The maximum Gasteiger partial charge on any atom is 0.152 e. The summed E-state index contributed by atoms with van der Waals surface area (Å²) in [7, 11) is 1.93. The van der Waals surface area contributed by atoms with Crippen LogP contribution in [0.5, 0.6) is 0 Å². The molecule has 0 aliphatic rings. The topological polar surface area (TPSA) is 20.3 Å². The Bertz CT molecular complexity index is 563. The number of aldehydes is 1. The van der Waals surface area contributed by atoms with Crippen molar-refractivity contribution in [2.24, 2.45) is 0 Å². The second-order valence-electron chi connectivity index (χ2n) is 4.22. The minimum absolute atomic E-state index is 0.568. The highest BCUT2D eigenvalue weighted by Gasteiger charge is 2.09. The molecule has 0 heterocycles.